The Bertz CT molecular complexity index is 1440. The lowest BCUT2D eigenvalue weighted by Gasteiger charge is -2.15. The van der Waals surface area contributed by atoms with Gasteiger partial charge < -0.3 is 9.30 Å². The Morgan fingerprint density at radius 2 is 2.03 bits per heavy atom. The molecule has 32 heavy (non-hydrogen) atoms. The number of imidazole rings is 1. The van der Waals surface area contributed by atoms with Crippen molar-refractivity contribution in [3.63, 3.8) is 0 Å². The summed E-state index contributed by atoms with van der Waals surface area (Å²) >= 11 is 0. The molecule has 0 fully saturated rings. The Hall–Kier alpha value is -4.34. The van der Waals surface area contributed by atoms with Crippen LogP contribution in [-0.4, -0.2) is 45.5 Å². The van der Waals surface area contributed by atoms with Crippen LogP contribution in [0.25, 0.3) is 28.2 Å². The van der Waals surface area contributed by atoms with Crippen molar-refractivity contribution in [2.75, 3.05) is 0 Å². The molecule has 4 aromatic heterocycles. The van der Waals surface area contributed by atoms with E-state index in [-0.39, 0.29) is 11.7 Å². The van der Waals surface area contributed by atoms with Crippen LogP contribution in [0.5, 0.6) is 5.75 Å². The maximum Gasteiger partial charge on any atom is 0.259 e. The highest BCUT2D eigenvalue weighted by atomic mass is 16.5. The molecule has 0 amide bonds. The number of tetrazole rings is 1. The molecule has 160 valence electrons. The van der Waals surface area contributed by atoms with Gasteiger partial charge in [-0.3, -0.25) is 4.79 Å². The average molecular weight is 428 g/mol. The van der Waals surface area contributed by atoms with Gasteiger partial charge in [-0.15, -0.1) is 5.10 Å². The molecule has 5 aromatic rings. The first-order valence-corrected chi connectivity index (χ1v) is 10.1. The quantitative estimate of drug-likeness (QED) is 0.408. The molecule has 5 rings (SSSR count). The summed E-state index contributed by atoms with van der Waals surface area (Å²) in [6.45, 7) is 2.49. The van der Waals surface area contributed by atoms with Crippen LogP contribution in [0.1, 0.15) is 6.92 Å². The predicted octanol–water partition coefficient (Wildman–Crippen LogP) is 2.22. The summed E-state index contributed by atoms with van der Waals surface area (Å²) in [5.74, 6) is 0.716. The first-order valence-electron chi connectivity index (χ1n) is 10.1. The number of rotatable bonds is 6. The Kier molecular flexibility index (Phi) is 4.94. The first kappa shape index (κ1) is 19.6. The summed E-state index contributed by atoms with van der Waals surface area (Å²) in [6.07, 6.45) is 4.82. The van der Waals surface area contributed by atoms with Gasteiger partial charge in [-0.2, -0.15) is 5.10 Å². The summed E-state index contributed by atoms with van der Waals surface area (Å²) in [6, 6.07) is 15.1. The van der Waals surface area contributed by atoms with E-state index >= 15 is 0 Å². The van der Waals surface area contributed by atoms with E-state index in [1.54, 1.807) is 41.0 Å². The van der Waals surface area contributed by atoms with E-state index in [4.69, 9.17) is 9.84 Å². The maximum atomic E-state index is 12.6. The minimum atomic E-state index is -0.126. The number of nitrogens with zero attached hydrogens (tertiary/aromatic N) is 8. The molecule has 0 bridgehead atoms. The number of aromatic nitrogens is 8. The summed E-state index contributed by atoms with van der Waals surface area (Å²) in [7, 11) is 1.72. The van der Waals surface area contributed by atoms with E-state index in [2.05, 4.69) is 20.5 Å². The normalized spacial score (nSPS) is 12.2. The summed E-state index contributed by atoms with van der Waals surface area (Å²) in [5.41, 5.74) is 3.37. The molecule has 1 atom stereocenters. The largest absolute Gasteiger partial charge is 0.489 e. The molecule has 4 heterocycles. The van der Waals surface area contributed by atoms with Crippen LogP contribution in [0.15, 0.2) is 72.0 Å². The van der Waals surface area contributed by atoms with E-state index in [0.717, 1.165) is 11.3 Å². The monoisotopic (exact) mass is 428 g/mol. The van der Waals surface area contributed by atoms with E-state index in [1.165, 1.54) is 4.57 Å². The number of pyridine rings is 1. The third kappa shape index (κ3) is 3.73. The average Bonchev–Trinajstić information content (AvgIpc) is 3.45. The Morgan fingerprint density at radius 3 is 2.88 bits per heavy atom. The summed E-state index contributed by atoms with van der Waals surface area (Å²) in [4.78, 5) is 17.0. The summed E-state index contributed by atoms with van der Waals surface area (Å²) in [5, 5.41) is 15.9. The topological polar surface area (TPSA) is 105 Å². The number of aryl methyl sites for hydroxylation is 1. The van der Waals surface area contributed by atoms with Crippen LogP contribution in [-0.2, 0) is 13.6 Å². The van der Waals surface area contributed by atoms with Crippen molar-refractivity contribution in [2.45, 2.75) is 19.6 Å². The third-order valence-corrected chi connectivity index (χ3v) is 5.06. The van der Waals surface area contributed by atoms with Crippen LogP contribution in [0.4, 0.5) is 0 Å². The molecule has 0 unspecified atom stereocenters. The van der Waals surface area contributed by atoms with E-state index < -0.39 is 0 Å². The molecule has 0 aliphatic heterocycles. The second-order valence-corrected chi connectivity index (χ2v) is 7.46. The second kappa shape index (κ2) is 8.06. The van der Waals surface area contributed by atoms with Gasteiger partial charge in [-0.05, 0) is 53.7 Å². The molecule has 10 nitrogen and oxygen atoms in total. The minimum Gasteiger partial charge on any atom is -0.489 e. The number of hydrogen-bond donors (Lipinski definition) is 0. The van der Waals surface area contributed by atoms with Gasteiger partial charge in [-0.25, -0.2) is 14.2 Å². The fourth-order valence-corrected chi connectivity index (χ4v) is 3.53. The van der Waals surface area contributed by atoms with Crippen LogP contribution in [0, 0.1) is 0 Å². The zero-order valence-corrected chi connectivity index (χ0v) is 17.5. The van der Waals surface area contributed by atoms with E-state index in [0.29, 0.717) is 29.2 Å². The fraction of sp³-hybridized carbons (Fsp3) is 0.182. The molecular formula is C22H20N8O2. The van der Waals surface area contributed by atoms with Crippen molar-refractivity contribution in [2.24, 2.45) is 7.05 Å². The molecular weight excluding hydrogens is 408 g/mol. The molecule has 10 heteroatoms. The molecule has 0 aliphatic carbocycles. The van der Waals surface area contributed by atoms with Gasteiger partial charge in [0.25, 0.3) is 5.56 Å². The number of ether oxygens (including phenoxy) is 1. The van der Waals surface area contributed by atoms with Gasteiger partial charge in [0.2, 0.25) is 0 Å². The van der Waals surface area contributed by atoms with Crippen LogP contribution in [0.3, 0.4) is 0 Å². The molecule has 0 spiro atoms. The van der Waals surface area contributed by atoms with Crippen LogP contribution in [0.2, 0.25) is 0 Å². The molecule has 0 aliphatic rings. The van der Waals surface area contributed by atoms with Gasteiger partial charge in [-0.1, -0.05) is 12.1 Å². The maximum absolute atomic E-state index is 12.6. The van der Waals surface area contributed by atoms with E-state index in [1.807, 2.05) is 49.4 Å². The van der Waals surface area contributed by atoms with E-state index in [9.17, 15) is 4.79 Å². The van der Waals surface area contributed by atoms with Gasteiger partial charge in [0.1, 0.15) is 18.2 Å². The fourth-order valence-electron chi connectivity index (χ4n) is 3.53. The highest BCUT2D eigenvalue weighted by Gasteiger charge is 2.13. The highest BCUT2D eigenvalue weighted by molar-refractivity contribution is 5.66. The van der Waals surface area contributed by atoms with Crippen LogP contribution < -0.4 is 10.3 Å². The number of hydrogen-bond acceptors (Lipinski definition) is 7. The first-order chi connectivity index (χ1) is 15.6. The number of fused-ring (bicyclic) bond motifs is 1. The minimum absolute atomic E-state index is 0.103. The Labute approximate surface area is 182 Å². The van der Waals surface area contributed by atoms with Gasteiger partial charge >= 0.3 is 0 Å². The van der Waals surface area contributed by atoms with Crippen molar-refractivity contribution >= 4 is 5.65 Å². The van der Waals surface area contributed by atoms with Crippen LogP contribution >= 0.6 is 0 Å². The molecule has 1 aromatic carbocycles. The third-order valence-electron chi connectivity index (χ3n) is 5.06. The molecule has 0 N–H and O–H groups in total. The molecule has 0 saturated carbocycles. The molecule has 0 radical (unpaired) electrons. The standard InChI is InChI=1S/C22H20N8O2/c1-15(13-29-14-24-26-27-29)32-17-6-3-5-16(11-17)19-8-9-21-23-12-20(30(21)25-19)18-7-4-10-28(2)22(18)31/h3-12,14-15H,13H2,1-2H3/t15-/m0/s1. The molecule has 0 saturated heterocycles. The lowest BCUT2D eigenvalue weighted by molar-refractivity contribution is 0.193. The Morgan fingerprint density at radius 1 is 1.12 bits per heavy atom. The van der Waals surface area contributed by atoms with Crippen molar-refractivity contribution in [1.82, 2.24) is 39.4 Å². The lowest BCUT2D eigenvalue weighted by Crippen LogP contribution is -2.20. The smallest absolute Gasteiger partial charge is 0.259 e. The van der Waals surface area contributed by atoms with Crippen molar-refractivity contribution in [3.05, 3.63) is 77.6 Å². The predicted molar refractivity (Wildman–Crippen MR) is 117 cm³/mol. The van der Waals surface area contributed by atoms with Gasteiger partial charge in [0.15, 0.2) is 5.65 Å². The van der Waals surface area contributed by atoms with Gasteiger partial charge in [0, 0.05) is 18.8 Å². The lowest BCUT2D eigenvalue weighted by atomic mass is 10.1. The van der Waals surface area contributed by atoms with Crippen molar-refractivity contribution in [3.8, 4) is 28.3 Å². The highest BCUT2D eigenvalue weighted by Crippen LogP contribution is 2.25. The number of benzene rings is 1. The Balaban J connectivity index is 1.47. The zero-order valence-electron chi connectivity index (χ0n) is 17.5. The van der Waals surface area contributed by atoms with Crippen molar-refractivity contribution < 1.29 is 4.74 Å². The zero-order chi connectivity index (χ0) is 22.1. The van der Waals surface area contributed by atoms with Gasteiger partial charge in [0.05, 0.1) is 29.7 Å². The SMILES string of the molecule is C[C@@H](Cn1cnnn1)Oc1cccc(-c2ccc3ncc(-c4cccn(C)c4=O)n3n2)c1. The van der Waals surface area contributed by atoms with Crippen molar-refractivity contribution in [1.29, 1.82) is 0 Å². The second-order valence-electron chi connectivity index (χ2n) is 7.46. The summed E-state index contributed by atoms with van der Waals surface area (Å²) < 4.78 is 10.9.